The van der Waals surface area contributed by atoms with E-state index in [-0.39, 0.29) is 196 Å². The van der Waals surface area contributed by atoms with Crippen LogP contribution in [0.4, 0.5) is 0 Å². The van der Waals surface area contributed by atoms with Crippen LogP contribution < -0.4 is 42.5 Å². The molecule has 0 spiro atoms. The smallest absolute Gasteiger partial charge is 0.220 e. The summed E-state index contributed by atoms with van der Waals surface area (Å²) in [4.78, 5) is 102. The molecule has 15 atom stereocenters. The quantitative estimate of drug-likeness (QED) is 0.0252. The van der Waals surface area contributed by atoms with Gasteiger partial charge in [-0.2, -0.15) is 0 Å². The topological polar surface area (TPSA) is 546 Å². The molecule has 0 bridgehead atoms. The molecule has 0 aromatic rings. The number of hydrogen-bond donors (Lipinski definition) is 18. The van der Waals surface area contributed by atoms with Gasteiger partial charge in [-0.25, -0.2) is 0 Å². The van der Waals surface area contributed by atoms with Crippen molar-refractivity contribution in [3.05, 3.63) is 0 Å². The van der Waals surface area contributed by atoms with Gasteiger partial charge in [0.05, 0.1) is 119 Å². The Bertz CT molecular complexity index is 2170. The summed E-state index contributed by atoms with van der Waals surface area (Å²) in [7, 11) is 0. The van der Waals surface area contributed by atoms with Crippen LogP contribution in [0.15, 0.2) is 0 Å². The van der Waals surface area contributed by atoms with Crippen LogP contribution in [0.2, 0.25) is 0 Å². The average molecular weight is 1450 g/mol. The second-order valence-corrected chi connectivity index (χ2v) is 24.9. The number of carbonyl (C=O) groups is 8. The number of amides is 8. The fraction of sp³-hybridized carbons (Fsp3) is 0.871. The van der Waals surface area contributed by atoms with E-state index in [2.05, 4.69) is 42.5 Å². The van der Waals surface area contributed by atoms with Crippen LogP contribution in [-0.2, 0) is 95.2 Å². The van der Waals surface area contributed by atoms with Crippen LogP contribution >= 0.6 is 0 Å². The number of carbonyl (C=O) groups excluding carboxylic acids is 8. The molecule has 0 aromatic carbocycles. The van der Waals surface area contributed by atoms with Crippen LogP contribution in [0.5, 0.6) is 0 Å². The first-order valence-corrected chi connectivity index (χ1v) is 33.7. The molecular formula is C62H112N8O30. The molecule has 3 heterocycles. The Morgan fingerprint density at radius 1 is 0.370 bits per heavy atom. The summed E-state index contributed by atoms with van der Waals surface area (Å²) in [6, 6.07) is -3.36. The van der Waals surface area contributed by atoms with Gasteiger partial charge >= 0.3 is 0 Å². The van der Waals surface area contributed by atoms with E-state index in [1.807, 2.05) is 0 Å². The zero-order valence-electron chi connectivity index (χ0n) is 57.9. The minimum atomic E-state index is -1.48. The lowest BCUT2D eigenvalue weighted by Gasteiger charge is -2.42. The van der Waals surface area contributed by atoms with Gasteiger partial charge < -0.3 is 150 Å². The molecule has 3 aliphatic rings. The van der Waals surface area contributed by atoms with Gasteiger partial charge in [0.2, 0.25) is 47.3 Å². The fourth-order valence-electron chi connectivity index (χ4n) is 10.4. The Morgan fingerprint density at radius 2 is 0.650 bits per heavy atom. The third-order valence-corrected chi connectivity index (χ3v) is 16.0. The van der Waals surface area contributed by atoms with Gasteiger partial charge in [0, 0.05) is 96.6 Å². The summed E-state index contributed by atoms with van der Waals surface area (Å²) >= 11 is 0. The van der Waals surface area contributed by atoms with E-state index >= 15 is 0 Å². The maximum absolute atomic E-state index is 13.9. The van der Waals surface area contributed by atoms with Crippen molar-refractivity contribution in [1.29, 1.82) is 0 Å². The van der Waals surface area contributed by atoms with Crippen LogP contribution in [0.1, 0.15) is 92.4 Å². The van der Waals surface area contributed by atoms with Crippen LogP contribution in [0.3, 0.4) is 0 Å². The van der Waals surface area contributed by atoms with E-state index in [0.29, 0.717) is 0 Å². The van der Waals surface area contributed by atoms with Gasteiger partial charge in [0.1, 0.15) is 73.1 Å². The maximum atomic E-state index is 13.9. The molecule has 3 fully saturated rings. The Kier molecular flexibility index (Phi) is 44.1. The molecule has 0 radical (unpaired) electrons. The molecule has 8 amide bonds. The van der Waals surface area contributed by atoms with Gasteiger partial charge in [-0.3, -0.25) is 38.4 Å². The van der Waals surface area contributed by atoms with Gasteiger partial charge in [-0.1, -0.05) is 13.8 Å². The van der Waals surface area contributed by atoms with Crippen molar-refractivity contribution in [2.75, 3.05) is 152 Å². The monoisotopic (exact) mass is 1450 g/mol. The minimum Gasteiger partial charge on any atom is -0.396 e. The van der Waals surface area contributed by atoms with Gasteiger partial charge in [0.25, 0.3) is 0 Å². The number of hydrogen-bond acceptors (Lipinski definition) is 30. The predicted molar refractivity (Wildman–Crippen MR) is 344 cm³/mol. The third-order valence-electron chi connectivity index (χ3n) is 16.0. The lowest BCUT2D eigenvalue weighted by atomic mass is 9.82. The minimum absolute atomic E-state index is 0.0312. The fourth-order valence-corrected chi connectivity index (χ4v) is 10.4. The molecule has 580 valence electrons. The number of rotatable bonds is 53. The Labute approximate surface area is 581 Å². The van der Waals surface area contributed by atoms with E-state index in [0.717, 1.165) is 0 Å². The Balaban J connectivity index is 1.59. The highest BCUT2D eigenvalue weighted by molar-refractivity contribution is 5.81. The first-order valence-electron chi connectivity index (χ1n) is 33.7. The van der Waals surface area contributed by atoms with Crippen LogP contribution in [0, 0.1) is 5.41 Å². The van der Waals surface area contributed by atoms with E-state index in [4.69, 9.17) is 56.8 Å². The van der Waals surface area contributed by atoms with E-state index in [9.17, 15) is 89.4 Å². The second-order valence-electron chi connectivity index (χ2n) is 24.9. The summed E-state index contributed by atoms with van der Waals surface area (Å²) in [5.41, 5.74) is -1.93. The largest absolute Gasteiger partial charge is 0.396 e. The van der Waals surface area contributed by atoms with Crippen molar-refractivity contribution in [2.45, 2.75) is 190 Å². The van der Waals surface area contributed by atoms with Gasteiger partial charge in [-0.05, 0) is 25.7 Å². The molecule has 15 unspecified atom stereocenters. The molecule has 100 heavy (non-hydrogen) atoms. The highest BCUT2D eigenvalue weighted by atomic mass is 16.7. The van der Waals surface area contributed by atoms with Crippen molar-refractivity contribution in [3.63, 3.8) is 0 Å². The number of ether oxygens (including phenoxy) is 12. The van der Waals surface area contributed by atoms with Crippen molar-refractivity contribution in [1.82, 2.24) is 42.5 Å². The van der Waals surface area contributed by atoms with Crippen LogP contribution in [-0.4, -0.2) is 348 Å². The predicted octanol–water partition coefficient (Wildman–Crippen LogP) is -8.18. The van der Waals surface area contributed by atoms with Crippen molar-refractivity contribution >= 4 is 47.3 Å². The zero-order chi connectivity index (χ0) is 74.0. The molecule has 38 heteroatoms. The van der Waals surface area contributed by atoms with Crippen molar-refractivity contribution < 1.29 is 146 Å². The summed E-state index contributed by atoms with van der Waals surface area (Å²) in [5.74, 6) is -3.74. The number of nitrogens with one attached hydrogen (secondary N) is 8. The molecule has 3 rings (SSSR count). The molecule has 0 aliphatic carbocycles. The number of aliphatic hydroxyl groups is 10. The lowest BCUT2D eigenvalue weighted by Crippen LogP contribution is -2.64. The van der Waals surface area contributed by atoms with Gasteiger partial charge in [0.15, 0.2) is 18.9 Å². The summed E-state index contributed by atoms with van der Waals surface area (Å²) in [5, 5.41) is 122. The average Bonchev–Trinajstić information content (AvgIpc) is 0.826. The Hall–Kier alpha value is -5.12. The molecule has 3 aliphatic heterocycles. The molecule has 18 N–H and O–H groups in total. The third kappa shape index (κ3) is 34.9. The first-order chi connectivity index (χ1) is 47.7. The molecular weight excluding hydrogens is 1340 g/mol. The maximum Gasteiger partial charge on any atom is 0.220 e. The van der Waals surface area contributed by atoms with Crippen LogP contribution in [0.25, 0.3) is 0 Å². The molecule has 38 nitrogen and oxygen atoms in total. The molecule has 0 aromatic heterocycles. The standard InChI is InChI=1S/C62H112N8O30/c1-38(75)67-49-55(86)52(83)41(33-71)98-58(49)95-30-27-92-24-21-89-18-15-63-45(79)9-12-62(70-48(82)8-6-7-44(78)66-36-61(4,5)37-74,13-10-46(80)64-16-19-90-22-25-93-28-31-96-59-50(68-39(2)76)56(87)53(84)42(34-72)99-59)14-11-47(81)65-17-20-91-23-26-94-29-32-97-60-51(69-40(3)77)57(88)54(85)43(35-73)100-60/h41-43,49-60,71-74,83-88H,6-37H2,1-5H3,(H,63,79)(H,64,80)(H,65,81)(H,66,78)(H,67,75)(H,68,76)(H,69,77)(H,70,82). The lowest BCUT2D eigenvalue weighted by molar-refractivity contribution is -0.272. The molecule has 0 saturated carbocycles. The highest BCUT2D eigenvalue weighted by Crippen LogP contribution is 2.28. The molecule has 3 saturated heterocycles. The second kappa shape index (κ2) is 49.5. The normalized spacial score (nSPS) is 26.0. The van der Waals surface area contributed by atoms with Crippen molar-refractivity contribution in [3.8, 4) is 0 Å². The first kappa shape index (κ1) is 89.1. The van der Waals surface area contributed by atoms with Crippen molar-refractivity contribution in [2.24, 2.45) is 5.41 Å². The Morgan fingerprint density at radius 3 is 0.940 bits per heavy atom. The summed E-state index contributed by atoms with van der Waals surface area (Å²) < 4.78 is 67.0. The summed E-state index contributed by atoms with van der Waals surface area (Å²) in [6.07, 6.45) is -16.7. The SMILES string of the molecule is CC(=O)NC1C(OCCOCCOCCNC(=O)CCC(CCC(=O)NCCOCCOCCOC2OC(CO)C(O)C(O)C2NC(C)=O)(CCC(=O)NCCOCCOCCOC2OC(CO)C(O)C(O)C2NC(C)=O)NC(=O)CCCC(=O)NCC(C)(C)CO)OC(CO)C(O)C1O. The van der Waals surface area contributed by atoms with E-state index < -0.39 is 164 Å². The van der Waals surface area contributed by atoms with E-state index in [1.54, 1.807) is 13.8 Å². The number of aliphatic hydroxyl groups excluding tert-OH is 10. The van der Waals surface area contributed by atoms with E-state index in [1.165, 1.54) is 20.8 Å². The highest BCUT2D eigenvalue weighted by Gasteiger charge is 2.48. The van der Waals surface area contributed by atoms with Gasteiger partial charge in [-0.15, -0.1) is 0 Å². The summed E-state index contributed by atoms with van der Waals surface area (Å²) in [6.45, 7) is 6.24. The zero-order valence-corrected chi connectivity index (χ0v) is 57.9.